The SMILES string of the molecule is O=C(CCS)NCCn1ncc(Br)n1. The van der Waals surface area contributed by atoms with Crippen LogP contribution in [0.1, 0.15) is 6.42 Å². The van der Waals surface area contributed by atoms with E-state index < -0.39 is 0 Å². The van der Waals surface area contributed by atoms with Gasteiger partial charge in [0.2, 0.25) is 5.91 Å². The van der Waals surface area contributed by atoms with Crippen LogP contribution in [0.15, 0.2) is 10.8 Å². The van der Waals surface area contributed by atoms with Crippen LogP contribution in [0.25, 0.3) is 0 Å². The summed E-state index contributed by atoms with van der Waals surface area (Å²) in [6.45, 7) is 1.11. The molecule has 0 spiro atoms. The molecule has 0 atom stereocenters. The Morgan fingerprint density at radius 1 is 1.71 bits per heavy atom. The molecule has 5 nitrogen and oxygen atoms in total. The van der Waals surface area contributed by atoms with Gasteiger partial charge in [-0.2, -0.15) is 22.5 Å². The molecule has 1 amide bonds. The topological polar surface area (TPSA) is 59.8 Å². The Kier molecular flexibility index (Phi) is 4.95. The number of aromatic nitrogens is 3. The first-order valence-electron chi connectivity index (χ1n) is 4.15. The van der Waals surface area contributed by atoms with Crippen molar-refractivity contribution in [2.24, 2.45) is 0 Å². The summed E-state index contributed by atoms with van der Waals surface area (Å²) in [5, 5.41) is 10.7. The first-order valence-corrected chi connectivity index (χ1v) is 5.58. The van der Waals surface area contributed by atoms with Gasteiger partial charge in [-0.1, -0.05) is 0 Å². The molecular formula is C7H11BrN4OS. The van der Waals surface area contributed by atoms with Gasteiger partial charge >= 0.3 is 0 Å². The van der Waals surface area contributed by atoms with Crippen LogP contribution in [0.4, 0.5) is 0 Å². The van der Waals surface area contributed by atoms with Crippen molar-refractivity contribution < 1.29 is 4.79 Å². The van der Waals surface area contributed by atoms with Crippen LogP contribution >= 0.6 is 28.6 Å². The van der Waals surface area contributed by atoms with Gasteiger partial charge < -0.3 is 5.32 Å². The lowest BCUT2D eigenvalue weighted by atomic mass is 10.4. The highest BCUT2D eigenvalue weighted by Crippen LogP contribution is 1.99. The van der Waals surface area contributed by atoms with Crippen LogP contribution in [-0.4, -0.2) is 33.2 Å². The number of hydrogen-bond donors (Lipinski definition) is 2. The van der Waals surface area contributed by atoms with E-state index in [1.54, 1.807) is 6.20 Å². The highest BCUT2D eigenvalue weighted by molar-refractivity contribution is 9.10. The average Bonchev–Trinajstić information content (AvgIpc) is 2.52. The molecule has 1 aromatic heterocycles. The van der Waals surface area contributed by atoms with Crippen molar-refractivity contribution in [3.8, 4) is 0 Å². The van der Waals surface area contributed by atoms with Crippen molar-refractivity contribution in [1.82, 2.24) is 20.3 Å². The first kappa shape index (κ1) is 11.5. The van der Waals surface area contributed by atoms with Crippen LogP contribution in [-0.2, 0) is 11.3 Å². The van der Waals surface area contributed by atoms with E-state index in [0.717, 1.165) is 0 Å². The van der Waals surface area contributed by atoms with Crippen molar-refractivity contribution >= 4 is 34.5 Å². The molecule has 1 aromatic rings. The molecule has 0 unspecified atom stereocenters. The summed E-state index contributed by atoms with van der Waals surface area (Å²) in [6.07, 6.45) is 2.05. The normalized spacial score (nSPS) is 10.1. The fourth-order valence-electron chi connectivity index (χ4n) is 0.869. The van der Waals surface area contributed by atoms with Crippen molar-refractivity contribution in [3.63, 3.8) is 0 Å². The van der Waals surface area contributed by atoms with Crippen molar-refractivity contribution in [3.05, 3.63) is 10.8 Å². The molecule has 0 aromatic carbocycles. The second-order valence-corrected chi connectivity index (χ2v) is 3.85. The summed E-state index contributed by atoms with van der Waals surface area (Å²) in [6, 6.07) is 0. The molecule has 1 rings (SSSR count). The summed E-state index contributed by atoms with van der Waals surface area (Å²) in [5.74, 6) is 0.573. The number of amides is 1. The van der Waals surface area contributed by atoms with Crippen molar-refractivity contribution in [2.75, 3.05) is 12.3 Å². The highest BCUT2D eigenvalue weighted by Gasteiger charge is 1.99. The molecule has 1 heterocycles. The maximum absolute atomic E-state index is 11.0. The van der Waals surface area contributed by atoms with Gasteiger partial charge in [-0.15, -0.1) is 5.10 Å². The van der Waals surface area contributed by atoms with Gasteiger partial charge in [0.25, 0.3) is 0 Å². The standard InChI is InChI=1S/C7H11BrN4OS/c8-6-5-10-12(11-6)3-2-9-7(13)1-4-14/h5,14H,1-4H2,(H,9,13). The lowest BCUT2D eigenvalue weighted by molar-refractivity contribution is -0.120. The quantitative estimate of drug-likeness (QED) is 0.771. The molecule has 0 radical (unpaired) electrons. The Labute approximate surface area is 95.8 Å². The van der Waals surface area contributed by atoms with Crippen LogP contribution in [0.5, 0.6) is 0 Å². The molecule has 14 heavy (non-hydrogen) atoms. The molecule has 0 aliphatic carbocycles. The number of thiol groups is 1. The minimum Gasteiger partial charge on any atom is -0.354 e. The highest BCUT2D eigenvalue weighted by atomic mass is 79.9. The zero-order chi connectivity index (χ0) is 10.4. The van der Waals surface area contributed by atoms with Gasteiger partial charge in [0, 0.05) is 13.0 Å². The molecule has 0 aliphatic heterocycles. The fraction of sp³-hybridized carbons (Fsp3) is 0.571. The lowest BCUT2D eigenvalue weighted by Crippen LogP contribution is -2.27. The average molecular weight is 279 g/mol. The zero-order valence-corrected chi connectivity index (χ0v) is 9.96. The Balaban J connectivity index is 2.18. The molecule has 7 heteroatoms. The van der Waals surface area contributed by atoms with E-state index in [2.05, 4.69) is 44.1 Å². The minimum atomic E-state index is 0.00576. The van der Waals surface area contributed by atoms with Gasteiger partial charge in [-0.05, 0) is 21.7 Å². The van der Waals surface area contributed by atoms with Crippen LogP contribution in [0.3, 0.4) is 0 Å². The molecule has 0 bridgehead atoms. The summed E-state index contributed by atoms with van der Waals surface area (Å²) in [5.41, 5.74) is 0. The van der Waals surface area contributed by atoms with E-state index in [-0.39, 0.29) is 5.91 Å². The zero-order valence-electron chi connectivity index (χ0n) is 7.48. The molecule has 78 valence electrons. The predicted molar refractivity (Wildman–Crippen MR) is 59.2 cm³/mol. The Morgan fingerprint density at radius 3 is 3.07 bits per heavy atom. The molecule has 1 N–H and O–H groups in total. The molecule has 0 saturated carbocycles. The summed E-state index contributed by atoms with van der Waals surface area (Å²) < 4.78 is 0.694. The molecule has 0 fully saturated rings. The number of carbonyl (C=O) groups excluding carboxylic acids is 1. The van der Waals surface area contributed by atoms with Gasteiger partial charge in [0.1, 0.15) is 4.60 Å². The predicted octanol–water partition coefficient (Wildman–Crippen LogP) is 0.477. The van der Waals surface area contributed by atoms with Gasteiger partial charge in [-0.25, -0.2) is 0 Å². The number of nitrogens with zero attached hydrogens (tertiary/aromatic N) is 3. The monoisotopic (exact) mass is 278 g/mol. The number of carbonyl (C=O) groups is 1. The first-order chi connectivity index (χ1) is 6.72. The van der Waals surface area contributed by atoms with Crippen LogP contribution in [0, 0.1) is 0 Å². The maximum atomic E-state index is 11.0. The number of halogens is 1. The molecular weight excluding hydrogens is 268 g/mol. The number of hydrogen-bond acceptors (Lipinski definition) is 4. The molecule has 0 saturated heterocycles. The summed E-state index contributed by atoms with van der Waals surface area (Å²) in [4.78, 5) is 12.5. The van der Waals surface area contributed by atoms with E-state index in [4.69, 9.17) is 0 Å². The minimum absolute atomic E-state index is 0.00576. The Bertz CT molecular complexity index is 304. The van der Waals surface area contributed by atoms with Crippen molar-refractivity contribution in [2.45, 2.75) is 13.0 Å². The van der Waals surface area contributed by atoms with Gasteiger partial charge in [-0.3, -0.25) is 4.79 Å². The number of rotatable bonds is 5. The van der Waals surface area contributed by atoms with Crippen LogP contribution < -0.4 is 5.32 Å². The Morgan fingerprint density at radius 2 is 2.50 bits per heavy atom. The van der Waals surface area contributed by atoms with E-state index in [1.807, 2.05) is 0 Å². The Hall–Kier alpha value is -0.560. The van der Waals surface area contributed by atoms with E-state index >= 15 is 0 Å². The number of nitrogens with one attached hydrogen (secondary N) is 1. The third kappa shape index (κ3) is 4.10. The largest absolute Gasteiger partial charge is 0.354 e. The summed E-state index contributed by atoms with van der Waals surface area (Å²) >= 11 is 7.14. The van der Waals surface area contributed by atoms with Gasteiger partial charge in [0.05, 0.1) is 12.7 Å². The third-order valence-corrected chi connectivity index (χ3v) is 2.07. The lowest BCUT2D eigenvalue weighted by Gasteiger charge is -2.02. The maximum Gasteiger partial charge on any atom is 0.220 e. The van der Waals surface area contributed by atoms with Crippen molar-refractivity contribution in [1.29, 1.82) is 0 Å². The second kappa shape index (κ2) is 6.02. The summed E-state index contributed by atoms with van der Waals surface area (Å²) in [7, 11) is 0. The third-order valence-electron chi connectivity index (χ3n) is 1.48. The fourth-order valence-corrected chi connectivity index (χ4v) is 1.35. The molecule has 0 aliphatic rings. The van der Waals surface area contributed by atoms with E-state index in [9.17, 15) is 4.79 Å². The van der Waals surface area contributed by atoms with E-state index in [0.29, 0.717) is 29.9 Å². The van der Waals surface area contributed by atoms with E-state index in [1.165, 1.54) is 4.80 Å². The van der Waals surface area contributed by atoms with Crippen LogP contribution in [0.2, 0.25) is 0 Å². The smallest absolute Gasteiger partial charge is 0.220 e. The van der Waals surface area contributed by atoms with Gasteiger partial charge in [0.15, 0.2) is 0 Å². The second-order valence-electron chi connectivity index (χ2n) is 2.59.